The van der Waals surface area contributed by atoms with E-state index in [1.54, 1.807) is 14.2 Å². The van der Waals surface area contributed by atoms with Crippen molar-refractivity contribution in [1.82, 2.24) is 5.32 Å². The van der Waals surface area contributed by atoms with Crippen LogP contribution in [0.4, 0.5) is 0 Å². The van der Waals surface area contributed by atoms with Crippen LogP contribution in [0.1, 0.15) is 34.8 Å². The smallest absolute Gasteiger partial charge is 0.252 e. The van der Waals surface area contributed by atoms with Gasteiger partial charge in [-0.15, -0.1) is 0 Å². The van der Waals surface area contributed by atoms with Crippen molar-refractivity contribution in [3.05, 3.63) is 148 Å². The number of benzene rings is 5. The van der Waals surface area contributed by atoms with Crippen molar-refractivity contribution in [3.8, 4) is 28.4 Å². The standard InChI is InChI=1S/C41H39BrN2O6/c1-47-36-11-6-10-33(37(36)48-2)27-43-40(46)41(26-28-12-20-34(42)21-13-28)38(31-16-14-30(15-17-31)29-8-4-3-5-9-29)50-39(44-41)32-18-22-35(23-19-32)49-25-7-24-45/h3-6,8-23,38,45H,7,24-27H2,1-2H3,(H,43,46)/t38-,41-/m1/s1. The minimum atomic E-state index is -1.38. The number of methoxy groups -OCH3 is 2. The van der Waals surface area contributed by atoms with E-state index in [-0.39, 0.29) is 25.5 Å². The number of carbonyl (C=O) groups is 1. The minimum absolute atomic E-state index is 0.0591. The molecule has 1 aliphatic rings. The number of nitrogens with one attached hydrogen (secondary N) is 1. The number of hydrogen-bond donors (Lipinski definition) is 2. The van der Waals surface area contributed by atoms with Crippen LogP contribution in [0.2, 0.25) is 0 Å². The molecule has 5 aromatic carbocycles. The number of halogens is 1. The van der Waals surface area contributed by atoms with Crippen molar-refractivity contribution >= 4 is 27.7 Å². The topological polar surface area (TPSA) is 98.6 Å². The van der Waals surface area contributed by atoms with Gasteiger partial charge >= 0.3 is 0 Å². The van der Waals surface area contributed by atoms with Gasteiger partial charge in [0.2, 0.25) is 5.90 Å². The first-order valence-electron chi connectivity index (χ1n) is 16.4. The Hall–Kier alpha value is -5.12. The third-order valence-corrected chi connectivity index (χ3v) is 9.19. The molecule has 0 fully saturated rings. The highest BCUT2D eigenvalue weighted by molar-refractivity contribution is 9.10. The summed E-state index contributed by atoms with van der Waals surface area (Å²) in [6.45, 7) is 0.651. The van der Waals surface area contributed by atoms with Crippen LogP contribution >= 0.6 is 15.9 Å². The van der Waals surface area contributed by atoms with Crippen LogP contribution in [0.25, 0.3) is 11.1 Å². The second kappa shape index (κ2) is 16.1. The van der Waals surface area contributed by atoms with Gasteiger partial charge < -0.3 is 29.4 Å². The molecule has 1 amide bonds. The Kier molecular flexibility index (Phi) is 11.2. The monoisotopic (exact) mass is 734 g/mol. The number of carbonyl (C=O) groups excluding carboxylic acids is 1. The van der Waals surface area contributed by atoms with E-state index in [1.165, 1.54) is 0 Å². The van der Waals surface area contributed by atoms with E-state index >= 15 is 0 Å². The third-order valence-electron chi connectivity index (χ3n) is 8.66. The molecular formula is C41H39BrN2O6. The molecular weight excluding hydrogens is 696 g/mol. The fourth-order valence-corrected chi connectivity index (χ4v) is 6.36. The summed E-state index contributed by atoms with van der Waals surface area (Å²) in [7, 11) is 3.17. The van der Waals surface area contributed by atoms with Crippen LogP contribution in [-0.2, 0) is 22.5 Å². The summed E-state index contributed by atoms with van der Waals surface area (Å²) in [6, 6.07) is 39.2. The molecule has 256 valence electrons. The molecule has 5 aromatic rings. The van der Waals surface area contributed by atoms with Gasteiger partial charge in [0.05, 0.1) is 20.8 Å². The molecule has 0 aromatic heterocycles. The number of aliphatic hydroxyl groups excluding tert-OH is 1. The van der Waals surface area contributed by atoms with Gasteiger partial charge in [0.15, 0.2) is 23.1 Å². The Morgan fingerprint density at radius 1 is 0.840 bits per heavy atom. The zero-order valence-electron chi connectivity index (χ0n) is 28.0. The molecule has 0 saturated carbocycles. The molecule has 2 N–H and O–H groups in total. The van der Waals surface area contributed by atoms with Gasteiger partial charge in [-0.1, -0.05) is 94.8 Å². The number of nitrogens with zero attached hydrogens (tertiary/aromatic N) is 1. The lowest BCUT2D eigenvalue weighted by Crippen LogP contribution is -2.49. The Morgan fingerprint density at radius 3 is 2.22 bits per heavy atom. The summed E-state index contributed by atoms with van der Waals surface area (Å²) in [5, 5.41) is 12.3. The first-order chi connectivity index (χ1) is 24.4. The molecule has 0 aliphatic carbocycles. The van der Waals surface area contributed by atoms with Crippen molar-refractivity contribution < 1.29 is 28.8 Å². The average molecular weight is 736 g/mol. The fourth-order valence-electron chi connectivity index (χ4n) is 6.10. The summed E-state index contributed by atoms with van der Waals surface area (Å²) >= 11 is 3.54. The molecule has 0 radical (unpaired) electrons. The van der Waals surface area contributed by atoms with Gasteiger partial charge in [0, 0.05) is 41.6 Å². The van der Waals surface area contributed by atoms with E-state index in [2.05, 4.69) is 33.4 Å². The number of aliphatic imine (C=N–C) groups is 1. The normalized spacial score (nSPS) is 16.6. The molecule has 1 aliphatic heterocycles. The highest BCUT2D eigenvalue weighted by atomic mass is 79.9. The summed E-state index contributed by atoms with van der Waals surface area (Å²) in [5.74, 6) is 1.86. The number of aliphatic hydroxyl groups is 1. The SMILES string of the molecule is COc1cccc(CNC(=O)[C@]2(Cc3ccc(Br)cc3)N=C(c3ccc(OCCCO)cc3)O[C@@H]2c2ccc(-c3ccccc3)cc2)c1OC. The van der Waals surface area contributed by atoms with Crippen LogP contribution in [0.3, 0.4) is 0 Å². The molecule has 1 heterocycles. The zero-order valence-corrected chi connectivity index (χ0v) is 29.6. The average Bonchev–Trinajstić information content (AvgIpc) is 3.55. The Bertz CT molecular complexity index is 1910. The number of ether oxygens (including phenoxy) is 4. The van der Waals surface area contributed by atoms with E-state index < -0.39 is 11.6 Å². The van der Waals surface area contributed by atoms with E-state index in [4.69, 9.17) is 29.0 Å². The molecule has 0 saturated heterocycles. The van der Waals surface area contributed by atoms with E-state index in [0.29, 0.717) is 41.7 Å². The zero-order chi connectivity index (χ0) is 34.9. The Labute approximate surface area is 300 Å². The maximum atomic E-state index is 14.8. The molecule has 0 bridgehead atoms. The summed E-state index contributed by atoms with van der Waals surface area (Å²) in [4.78, 5) is 20.0. The molecule has 0 unspecified atom stereocenters. The predicted molar refractivity (Wildman–Crippen MR) is 198 cm³/mol. The number of rotatable bonds is 14. The van der Waals surface area contributed by atoms with Crippen molar-refractivity contribution in [3.63, 3.8) is 0 Å². The van der Waals surface area contributed by atoms with E-state index in [1.807, 2.05) is 109 Å². The van der Waals surface area contributed by atoms with Crippen molar-refractivity contribution in [2.75, 3.05) is 27.4 Å². The highest BCUT2D eigenvalue weighted by Gasteiger charge is 2.53. The maximum absolute atomic E-state index is 14.8. The van der Waals surface area contributed by atoms with Gasteiger partial charge in [0.1, 0.15) is 5.75 Å². The van der Waals surface area contributed by atoms with Crippen LogP contribution in [-0.4, -0.2) is 49.9 Å². The Morgan fingerprint density at radius 2 is 1.54 bits per heavy atom. The molecule has 2 atom stereocenters. The van der Waals surface area contributed by atoms with Crippen LogP contribution in [0.15, 0.2) is 131 Å². The van der Waals surface area contributed by atoms with Crippen LogP contribution in [0, 0.1) is 0 Å². The third kappa shape index (κ3) is 7.69. The quantitative estimate of drug-likeness (QED) is 0.114. The highest BCUT2D eigenvalue weighted by Crippen LogP contribution is 2.43. The van der Waals surface area contributed by atoms with Crippen LogP contribution in [0.5, 0.6) is 17.2 Å². The number of para-hydroxylation sites is 1. The number of hydrogen-bond acceptors (Lipinski definition) is 7. The minimum Gasteiger partial charge on any atom is -0.494 e. The summed E-state index contributed by atoms with van der Waals surface area (Å²) < 4.78 is 24.6. The largest absolute Gasteiger partial charge is 0.494 e. The van der Waals surface area contributed by atoms with Gasteiger partial charge in [-0.2, -0.15) is 0 Å². The lowest BCUT2D eigenvalue weighted by atomic mass is 9.81. The Balaban J connectivity index is 1.41. The lowest BCUT2D eigenvalue weighted by Gasteiger charge is -2.31. The van der Waals surface area contributed by atoms with Gasteiger partial charge in [-0.3, -0.25) is 4.79 Å². The first-order valence-corrected chi connectivity index (χ1v) is 17.2. The van der Waals surface area contributed by atoms with E-state index in [0.717, 1.165) is 32.3 Å². The molecule has 50 heavy (non-hydrogen) atoms. The summed E-state index contributed by atoms with van der Waals surface area (Å²) in [6.07, 6.45) is 0.0642. The summed E-state index contributed by atoms with van der Waals surface area (Å²) in [5.41, 5.74) is 4.00. The van der Waals surface area contributed by atoms with Crippen molar-refractivity contribution in [2.24, 2.45) is 4.99 Å². The second-order valence-corrected chi connectivity index (χ2v) is 12.8. The molecule has 8 nitrogen and oxygen atoms in total. The van der Waals surface area contributed by atoms with Crippen molar-refractivity contribution in [2.45, 2.75) is 31.0 Å². The van der Waals surface area contributed by atoms with E-state index in [9.17, 15) is 4.79 Å². The van der Waals surface area contributed by atoms with Gasteiger partial charge in [-0.05, 0) is 64.7 Å². The van der Waals surface area contributed by atoms with Gasteiger partial charge in [0.25, 0.3) is 5.91 Å². The van der Waals surface area contributed by atoms with Crippen LogP contribution < -0.4 is 19.5 Å². The number of amides is 1. The molecule has 6 rings (SSSR count). The lowest BCUT2D eigenvalue weighted by molar-refractivity contribution is -0.129. The maximum Gasteiger partial charge on any atom is 0.252 e. The fraction of sp³-hybridized carbons (Fsp3) is 0.220. The first kappa shape index (κ1) is 34.7. The second-order valence-electron chi connectivity index (χ2n) is 11.9. The van der Waals surface area contributed by atoms with Gasteiger partial charge in [-0.25, -0.2) is 4.99 Å². The predicted octanol–water partition coefficient (Wildman–Crippen LogP) is 7.71. The van der Waals surface area contributed by atoms with Crippen molar-refractivity contribution in [1.29, 1.82) is 0 Å². The molecule has 9 heteroatoms. The molecule has 0 spiro atoms.